The highest BCUT2D eigenvalue weighted by Crippen LogP contribution is 2.45. The molecular formula is C52H57ClF4N6O8S4. The molecule has 0 amide bonds. The minimum atomic E-state index is -6.07. The van der Waals surface area contributed by atoms with Crippen molar-refractivity contribution >= 4 is 81.4 Å². The van der Waals surface area contributed by atoms with Crippen LogP contribution in [0.1, 0.15) is 63.4 Å². The number of nitrogens with one attached hydrogen (secondary N) is 2. The van der Waals surface area contributed by atoms with E-state index in [1.54, 1.807) is 56.3 Å². The van der Waals surface area contributed by atoms with Gasteiger partial charge in [-0.15, -0.1) is 0 Å². The van der Waals surface area contributed by atoms with Crippen LogP contribution in [0.2, 0.25) is 5.02 Å². The van der Waals surface area contributed by atoms with Crippen LogP contribution in [0.15, 0.2) is 116 Å². The molecule has 0 aliphatic carbocycles. The summed E-state index contributed by atoms with van der Waals surface area (Å²) in [5.74, 6) is -1.91. The SMILES string of the molecule is Cc1c(S(C)(=O)=O)c(-c2cc(F)cc(N3CCN(c4ccc(NS(=O)(=O)c5ccc(NC(C)CC(c6ccsc6)N6CCC(C(=O)O)CC6)c(S(=O)(=O)C(F)(F)F)c5)cc4)CC3)c2)c(-c2ccc(Cl)cc2)n1C(C)C. The van der Waals surface area contributed by atoms with Gasteiger partial charge in [-0.25, -0.2) is 29.6 Å². The fourth-order valence-electron chi connectivity index (χ4n) is 10.2. The molecule has 2 aliphatic heterocycles. The van der Waals surface area contributed by atoms with E-state index in [4.69, 9.17) is 11.6 Å². The van der Waals surface area contributed by atoms with Crippen LogP contribution in [0.5, 0.6) is 0 Å². The van der Waals surface area contributed by atoms with Crippen LogP contribution < -0.4 is 19.8 Å². The number of rotatable bonds is 17. The smallest absolute Gasteiger partial charge is 0.481 e. The maximum absolute atomic E-state index is 15.7. The quantitative estimate of drug-likeness (QED) is 0.0737. The number of thiophene rings is 1. The zero-order valence-corrected chi connectivity index (χ0v) is 45.6. The van der Waals surface area contributed by atoms with Gasteiger partial charge in [0.15, 0.2) is 9.84 Å². The first-order valence-corrected chi connectivity index (χ1v) is 30.3. The first-order valence-electron chi connectivity index (χ1n) is 24.1. The van der Waals surface area contributed by atoms with Crippen molar-refractivity contribution in [1.82, 2.24) is 9.47 Å². The van der Waals surface area contributed by atoms with Crippen LogP contribution in [0.25, 0.3) is 22.4 Å². The summed E-state index contributed by atoms with van der Waals surface area (Å²) in [6.07, 6.45) is 2.28. The van der Waals surface area contributed by atoms with Gasteiger partial charge in [-0.2, -0.15) is 24.5 Å². The number of carboxylic acids is 1. The number of anilines is 4. The van der Waals surface area contributed by atoms with Gasteiger partial charge in [-0.3, -0.25) is 14.4 Å². The van der Waals surface area contributed by atoms with Gasteiger partial charge in [0.25, 0.3) is 19.9 Å². The van der Waals surface area contributed by atoms with Gasteiger partial charge in [0, 0.05) is 83.9 Å². The summed E-state index contributed by atoms with van der Waals surface area (Å²) in [6, 6.07) is 21.2. The number of aliphatic carboxylic acids is 1. The van der Waals surface area contributed by atoms with E-state index in [0.29, 0.717) is 109 Å². The van der Waals surface area contributed by atoms with Gasteiger partial charge in [0.2, 0.25) is 0 Å². The Balaban J connectivity index is 0.976. The fourth-order valence-corrected chi connectivity index (χ4v) is 14.4. The highest BCUT2D eigenvalue weighted by molar-refractivity contribution is 7.93. The third-order valence-electron chi connectivity index (χ3n) is 13.8. The molecule has 2 aliphatic rings. The first-order chi connectivity index (χ1) is 35.2. The van der Waals surface area contributed by atoms with E-state index in [-0.39, 0.29) is 22.7 Å². The normalized spacial score (nSPS) is 16.3. The molecule has 8 rings (SSSR count). The summed E-state index contributed by atoms with van der Waals surface area (Å²) in [5.41, 5.74) is -1.33. The number of carbonyl (C=O) groups is 1. The Morgan fingerprint density at radius 2 is 1.44 bits per heavy atom. The van der Waals surface area contributed by atoms with E-state index < -0.39 is 74.4 Å². The van der Waals surface area contributed by atoms with E-state index in [1.807, 2.05) is 45.0 Å². The number of sulfonamides is 1. The van der Waals surface area contributed by atoms with E-state index in [2.05, 4.69) is 14.9 Å². The molecular weight excluding hydrogens is 1080 g/mol. The monoisotopic (exact) mass is 1130 g/mol. The molecule has 0 bridgehead atoms. The summed E-state index contributed by atoms with van der Waals surface area (Å²) in [6.45, 7) is 10.0. The summed E-state index contributed by atoms with van der Waals surface area (Å²) < 4.78 is 143. The fraction of sp³-hybridized carbons (Fsp3) is 0.365. The van der Waals surface area contributed by atoms with E-state index in [1.165, 1.54) is 35.6 Å². The van der Waals surface area contributed by atoms with Gasteiger partial charge in [0.05, 0.1) is 27.1 Å². The molecule has 4 aromatic carbocycles. The molecule has 0 spiro atoms. The number of sulfone groups is 2. The second kappa shape index (κ2) is 21.8. The lowest BCUT2D eigenvalue weighted by molar-refractivity contribution is -0.143. The van der Waals surface area contributed by atoms with Crippen LogP contribution in [0.4, 0.5) is 40.3 Å². The Labute approximate surface area is 443 Å². The number of piperazine rings is 1. The molecule has 2 aromatic heterocycles. The molecule has 2 unspecified atom stereocenters. The van der Waals surface area contributed by atoms with Crippen LogP contribution >= 0.6 is 22.9 Å². The number of carboxylic acid groups (broad SMARTS) is 1. The standard InChI is InChI=1S/C52H57ClF4N6O8S4/c1-32(2)63-34(4)50(73(5,66)67)48(49(63)35-6-8-39(53)9-7-35)38-27-40(54)29-43(28-38)61-23-21-60(22-24-61)42-12-10-41(11-13-42)59-75(70,71)44-14-15-45(47(30-44)74(68,69)52(55,56)57)58-33(3)26-46(37-18-25-72-31-37)62-19-16-36(17-20-62)51(64)65/h6-15,18,25,27-33,36,46,58-59H,16-17,19-24,26H2,1-5H3,(H,64,65). The van der Waals surface area contributed by atoms with Gasteiger partial charge in [-0.1, -0.05) is 23.7 Å². The van der Waals surface area contributed by atoms with Crippen molar-refractivity contribution in [2.24, 2.45) is 5.92 Å². The van der Waals surface area contributed by atoms with Crippen LogP contribution in [0.3, 0.4) is 0 Å². The highest BCUT2D eigenvalue weighted by Gasteiger charge is 2.48. The number of hydrogen-bond donors (Lipinski definition) is 3. The zero-order valence-electron chi connectivity index (χ0n) is 41.6. The third-order valence-corrected chi connectivity index (χ3v) is 18.9. The molecule has 75 heavy (non-hydrogen) atoms. The number of benzene rings is 4. The van der Waals surface area contributed by atoms with Crippen molar-refractivity contribution in [3.8, 4) is 22.4 Å². The second-order valence-corrected chi connectivity index (χ2v) is 26.1. The topological polar surface area (TPSA) is 178 Å². The van der Waals surface area contributed by atoms with Crippen molar-refractivity contribution in [1.29, 1.82) is 0 Å². The summed E-state index contributed by atoms with van der Waals surface area (Å²) in [7, 11) is -14.5. The Hall–Kier alpha value is -5.65. The average molecular weight is 1130 g/mol. The van der Waals surface area contributed by atoms with Crippen molar-refractivity contribution in [2.75, 3.05) is 65.4 Å². The largest absolute Gasteiger partial charge is 0.501 e. The molecule has 6 aromatic rings. The van der Waals surface area contributed by atoms with Crippen molar-refractivity contribution in [2.45, 2.75) is 85.3 Å². The highest BCUT2D eigenvalue weighted by atomic mass is 35.5. The molecule has 23 heteroatoms. The van der Waals surface area contributed by atoms with Gasteiger partial charge in [0.1, 0.15) is 10.7 Å². The first kappa shape index (κ1) is 55.6. The lowest BCUT2D eigenvalue weighted by atomic mass is 9.93. The van der Waals surface area contributed by atoms with Crippen molar-refractivity contribution < 1.29 is 52.7 Å². The Morgan fingerprint density at radius 3 is 2.00 bits per heavy atom. The molecule has 2 saturated heterocycles. The number of nitrogens with zero attached hydrogens (tertiary/aromatic N) is 4. The molecule has 0 radical (unpaired) electrons. The van der Waals surface area contributed by atoms with Gasteiger partial charge in [-0.05, 0) is 166 Å². The van der Waals surface area contributed by atoms with E-state index in [0.717, 1.165) is 24.0 Å². The lowest BCUT2D eigenvalue weighted by Crippen LogP contribution is -2.46. The molecule has 402 valence electrons. The van der Waals surface area contributed by atoms with Crippen LogP contribution in [-0.2, 0) is 34.5 Å². The molecule has 2 atom stereocenters. The lowest BCUT2D eigenvalue weighted by Gasteiger charge is -2.37. The molecule has 14 nitrogen and oxygen atoms in total. The number of aromatic nitrogens is 1. The van der Waals surface area contributed by atoms with Crippen LogP contribution in [-0.4, -0.2) is 103 Å². The van der Waals surface area contributed by atoms with Crippen molar-refractivity contribution in [3.63, 3.8) is 0 Å². The zero-order chi connectivity index (χ0) is 54.4. The Kier molecular flexibility index (Phi) is 16.1. The number of alkyl halides is 3. The Bertz CT molecular complexity index is 3400. The second-order valence-electron chi connectivity index (χ2n) is 19.3. The predicted molar refractivity (Wildman–Crippen MR) is 287 cm³/mol. The van der Waals surface area contributed by atoms with Crippen LogP contribution in [0, 0.1) is 18.7 Å². The van der Waals surface area contributed by atoms with Gasteiger partial charge >= 0.3 is 11.5 Å². The molecule has 0 saturated carbocycles. The van der Waals surface area contributed by atoms with E-state index >= 15 is 4.39 Å². The molecule has 2 fully saturated rings. The number of likely N-dealkylation sites (tertiary alicyclic amines) is 1. The maximum atomic E-state index is 15.7. The summed E-state index contributed by atoms with van der Waals surface area (Å²) in [4.78, 5) is 15.9. The number of halogens is 5. The predicted octanol–water partition coefficient (Wildman–Crippen LogP) is 11.1. The minimum Gasteiger partial charge on any atom is -0.481 e. The Morgan fingerprint density at radius 1 is 0.813 bits per heavy atom. The van der Waals surface area contributed by atoms with Gasteiger partial charge < -0.3 is 24.8 Å². The third kappa shape index (κ3) is 12.0. The van der Waals surface area contributed by atoms with E-state index in [9.17, 15) is 48.3 Å². The molecule has 4 heterocycles. The van der Waals surface area contributed by atoms with Crippen molar-refractivity contribution in [3.05, 3.63) is 124 Å². The summed E-state index contributed by atoms with van der Waals surface area (Å²) in [5, 5.41) is 16.7. The number of piperidine rings is 1. The molecule has 3 N–H and O–H groups in total. The summed E-state index contributed by atoms with van der Waals surface area (Å²) >= 11 is 7.69. The average Bonchev–Trinajstić information content (AvgIpc) is 4.00. The minimum absolute atomic E-state index is 0.0561. The number of hydrogen-bond acceptors (Lipinski definition) is 12. The maximum Gasteiger partial charge on any atom is 0.501 e.